The Bertz CT molecular complexity index is 1320. The number of thiazole rings is 1. The lowest BCUT2D eigenvalue weighted by Gasteiger charge is -2.09. The lowest BCUT2D eigenvalue weighted by molar-refractivity contribution is 0.0997. The van der Waals surface area contributed by atoms with Gasteiger partial charge in [-0.1, -0.05) is 23.5 Å². The van der Waals surface area contributed by atoms with Gasteiger partial charge in [-0.15, -0.1) is 6.58 Å². The zero-order valence-electron chi connectivity index (χ0n) is 17.8. The first-order chi connectivity index (χ1) is 14.7. The standard InChI is InChI=1S/C22H24N2O5S2/c1-6-12-24-19-17(28-4)10-11-18(29-5)20(19)30-22(24)23-21(25)15-8-7-9-16(13-15)31(26,27)14(2)3/h6-11,13-14H,1,12H2,2-5H3. The molecule has 1 aromatic heterocycles. The average molecular weight is 461 g/mol. The summed E-state index contributed by atoms with van der Waals surface area (Å²) >= 11 is 1.29. The fraction of sp³-hybridized carbons (Fsp3) is 0.273. The van der Waals surface area contributed by atoms with Crippen molar-refractivity contribution >= 4 is 37.3 Å². The van der Waals surface area contributed by atoms with Crippen LogP contribution in [0.2, 0.25) is 0 Å². The van der Waals surface area contributed by atoms with Crippen LogP contribution >= 0.6 is 11.3 Å². The zero-order chi connectivity index (χ0) is 22.8. The van der Waals surface area contributed by atoms with E-state index >= 15 is 0 Å². The number of amides is 1. The number of carbonyl (C=O) groups is 1. The molecule has 2 aromatic carbocycles. The number of carbonyl (C=O) groups excluding carboxylic acids is 1. The van der Waals surface area contributed by atoms with Gasteiger partial charge in [-0.05, 0) is 44.2 Å². The van der Waals surface area contributed by atoms with Crippen LogP contribution in [0.1, 0.15) is 24.2 Å². The molecular formula is C22H24N2O5S2. The van der Waals surface area contributed by atoms with Crippen molar-refractivity contribution in [3.8, 4) is 11.5 Å². The maximum absolute atomic E-state index is 12.9. The van der Waals surface area contributed by atoms with Crippen LogP contribution in [0.3, 0.4) is 0 Å². The van der Waals surface area contributed by atoms with Gasteiger partial charge >= 0.3 is 0 Å². The fourth-order valence-corrected chi connectivity index (χ4v) is 5.32. The number of benzene rings is 2. The number of ether oxygens (including phenoxy) is 2. The van der Waals surface area contributed by atoms with E-state index in [1.165, 1.54) is 23.5 Å². The van der Waals surface area contributed by atoms with Crippen LogP contribution in [-0.4, -0.2) is 38.4 Å². The highest BCUT2D eigenvalue weighted by Crippen LogP contribution is 2.35. The average Bonchev–Trinajstić information content (AvgIpc) is 3.11. The summed E-state index contributed by atoms with van der Waals surface area (Å²) in [5.41, 5.74) is 0.942. The topological polar surface area (TPSA) is 87.0 Å². The highest BCUT2D eigenvalue weighted by atomic mass is 32.2. The Morgan fingerprint density at radius 1 is 1.19 bits per heavy atom. The van der Waals surface area contributed by atoms with Gasteiger partial charge < -0.3 is 14.0 Å². The fourth-order valence-electron chi connectivity index (χ4n) is 3.07. The number of methoxy groups -OCH3 is 2. The summed E-state index contributed by atoms with van der Waals surface area (Å²) in [7, 11) is -0.364. The van der Waals surface area contributed by atoms with E-state index in [0.29, 0.717) is 22.8 Å². The van der Waals surface area contributed by atoms with E-state index in [9.17, 15) is 13.2 Å². The van der Waals surface area contributed by atoms with Crippen LogP contribution in [0.25, 0.3) is 10.2 Å². The molecule has 1 heterocycles. The molecule has 1 amide bonds. The SMILES string of the molecule is C=CCn1c(=NC(=O)c2cccc(S(=O)(=O)C(C)C)c2)sc2c(OC)ccc(OC)c21. The number of hydrogen-bond donors (Lipinski definition) is 0. The third-order valence-electron chi connectivity index (χ3n) is 4.73. The Morgan fingerprint density at radius 2 is 1.87 bits per heavy atom. The van der Waals surface area contributed by atoms with Gasteiger partial charge in [0.1, 0.15) is 21.7 Å². The van der Waals surface area contributed by atoms with Gasteiger partial charge in [0.2, 0.25) is 0 Å². The molecule has 0 spiro atoms. The van der Waals surface area contributed by atoms with Crippen molar-refractivity contribution in [1.29, 1.82) is 0 Å². The molecule has 31 heavy (non-hydrogen) atoms. The number of fused-ring (bicyclic) bond motifs is 1. The molecule has 0 radical (unpaired) electrons. The summed E-state index contributed by atoms with van der Waals surface area (Å²) in [5.74, 6) is 0.716. The first kappa shape index (κ1) is 22.8. The largest absolute Gasteiger partial charge is 0.495 e. The lowest BCUT2D eigenvalue weighted by atomic mass is 10.2. The van der Waals surface area contributed by atoms with E-state index in [1.807, 2.05) is 4.57 Å². The van der Waals surface area contributed by atoms with Crippen molar-refractivity contribution in [2.75, 3.05) is 14.2 Å². The minimum Gasteiger partial charge on any atom is -0.495 e. The van der Waals surface area contributed by atoms with Crippen LogP contribution in [-0.2, 0) is 16.4 Å². The highest BCUT2D eigenvalue weighted by molar-refractivity contribution is 7.92. The van der Waals surface area contributed by atoms with Crippen LogP contribution < -0.4 is 14.3 Å². The number of aromatic nitrogens is 1. The minimum atomic E-state index is -3.50. The smallest absolute Gasteiger partial charge is 0.279 e. The molecule has 0 saturated carbocycles. The molecule has 9 heteroatoms. The quantitative estimate of drug-likeness (QED) is 0.500. The third kappa shape index (κ3) is 4.28. The molecular weight excluding hydrogens is 436 g/mol. The zero-order valence-corrected chi connectivity index (χ0v) is 19.4. The minimum absolute atomic E-state index is 0.0993. The molecule has 0 bridgehead atoms. The number of allylic oxidation sites excluding steroid dienone is 1. The van der Waals surface area contributed by atoms with Crippen LogP contribution in [0, 0.1) is 0 Å². The molecule has 164 valence electrons. The first-order valence-electron chi connectivity index (χ1n) is 9.52. The highest BCUT2D eigenvalue weighted by Gasteiger charge is 2.21. The van der Waals surface area contributed by atoms with Gasteiger partial charge in [-0.25, -0.2) is 8.42 Å². The number of sulfone groups is 1. The number of hydrogen-bond acceptors (Lipinski definition) is 6. The second kappa shape index (κ2) is 9.07. The van der Waals surface area contributed by atoms with E-state index in [2.05, 4.69) is 11.6 Å². The Kier molecular flexibility index (Phi) is 6.66. The molecule has 0 atom stereocenters. The normalized spacial score (nSPS) is 12.4. The van der Waals surface area contributed by atoms with Gasteiger partial charge in [-0.3, -0.25) is 4.79 Å². The van der Waals surface area contributed by atoms with Gasteiger partial charge in [0, 0.05) is 12.1 Å². The van der Waals surface area contributed by atoms with E-state index in [0.717, 1.165) is 10.2 Å². The first-order valence-corrected chi connectivity index (χ1v) is 11.9. The summed E-state index contributed by atoms with van der Waals surface area (Å²) in [6.45, 7) is 7.40. The van der Waals surface area contributed by atoms with Crippen molar-refractivity contribution in [2.45, 2.75) is 30.5 Å². The van der Waals surface area contributed by atoms with Crippen LogP contribution in [0.5, 0.6) is 11.5 Å². The van der Waals surface area contributed by atoms with E-state index in [1.54, 1.807) is 58.4 Å². The summed E-state index contributed by atoms with van der Waals surface area (Å²) in [5, 5.41) is -0.591. The maximum atomic E-state index is 12.9. The summed E-state index contributed by atoms with van der Waals surface area (Å²) < 4.78 is 38.5. The second-order valence-electron chi connectivity index (χ2n) is 6.97. The Hall–Kier alpha value is -2.91. The summed E-state index contributed by atoms with van der Waals surface area (Å²) in [4.78, 5) is 17.8. The molecule has 0 saturated heterocycles. The molecule has 0 aliphatic heterocycles. The van der Waals surface area contributed by atoms with Gasteiger partial charge in [0.25, 0.3) is 5.91 Å². The predicted molar refractivity (Wildman–Crippen MR) is 122 cm³/mol. The van der Waals surface area contributed by atoms with Crippen molar-refractivity contribution < 1.29 is 22.7 Å². The predicted octanol–water partition coefficient (Wildman–Crippen LogP) is 3.83. The van der Waals surface area contributed by atoms with Crippen LogP contribution in [0.15, 0.2) is 58.9 Å². The van der Waals surface area contributed by atoms with E-state index in [4.69, 9.17) is 9.47 Å². The van der Waals surface area contributed by atoms with Crippen molar-refractivity contribution in [3.05, 3.63) is 59.4 Å². The van der Waals surface area contributed by atoms with Crippen molar-refractivity contribution in [1.82, 2.24) is 4.57 Å². The van der Waals surface area contributed by atoms with Crippen molar-refractivity contribution in [3.63, 3.8) is 0 Å². The Balaban J connectivity index is 2.20. The molecule has 0 fully saturated rings. The monoisotopic (exact) mass is 460 g/mol. The molecule has 3 rings (SSSR count). The summed E-state index contributed by atoms with van der Waals surface area (Å²) in [6, 6.07) is 9.54. The third-order valence-corrected chi connectivity index (χ3v) is 7.98. The molecule has 3 aromatic rings. The molecule has 0 aliphatic rings. The van der Waals surface area contributed by atoms with E-state index in [-0.39, 0.29) is 10.5 Å². The summed E-state index contributed by atoms with van der Waals surface area (Å²) in [6.07, 6.45) is 1.70. The van der Waals surface area contributed by atoms with E-state index < -0.39 is 21.0 Å². The number of rotatable bonds is 7. The van der Waals surface area contributed by atoms with Crippen molar-refractivity contribution in [2.24, 2.45) is 4.99 Å². The van der Waals surface area contributed by atoms with Gasteiger partial charge in [-0.2, -0.15) is 4.99 Å². The molecule has 7 nitrogen and oxygen atoms in total. The molecule has 0 N–H and O–H groups in total. The second-order valence-corrected chi connectivity index (χ2v) is 10.5. The molecule has 0 unspecified atom stereocenters. The van der Waals surface area contributed by atoms with Crippen LogP contribution in [0.4, 0.5) is 0 Å². The van der Waals surface area contributed by atoms with Gasteiger partial charge in [0.05, 0.1) is 24.4 Å². The van der Waals surface area contributed by atoms with Gasteiger partial charge in [0.15, 0.2) is 14.6 Å². The maximum Gasteiger partial charge on any atom is 0.279 e. The number of nitrogens with zero attached hydrogens (tertiary/aromatic N) is 2. The lowest BCUT2D eigenvalue weighted by Crippen LogP contribution is -2.17. The Morgan fingerprint density at radius 3 is 2.48 bits per heavy atom. The Labute approximate surface area is 185 Å². The molecule has 0 aliphatic carbocycles.